The number of nitrogens with zero attached hydrogens (tertiary/aromatic N) is 3. The van der Waals surface area contributed by atoms with E-state index in [4.69, 9.17) is 16.2 Å². The van der Waals surface area contributed by atoms with Crippen molar-refractivity contribution < 1.29 is 13.5 Å². The minimum Gasteiger partial charge on any atom is -0.493 e. The van der Waals surface area contributed by atoms with E-state index < -0.39 is 5.82 Å². The minimum atomic E-state index is -0.412. The fraction of sp³-hybridized carbons (Fsp3) is 0.0741. The lowest BCUT2D eigenvalue weighted by Gasteiger charge is -2.13. The van der Waals surface area contributed by atoms with Gasteiger partial charge in [-0.2, -0.15) is 4.98 Å². The Morgan fingerprint density at radius 3 is 2.47 bits per heavy atom. The molecule has 0 atom stereocenters. The summed E-state index contributed by atoms with van der Waals surface area (Å²) in [4.78, 5) is 13.2. The van der Waals surface area contributed by atoms with Crippen LogP contribution in [0.3, 0.4) is 0 Å². The van der Waals surface area contributed by atoms with Crippen molar-refractivity contribution in [1.29, 1.82) is 0 Å². The molecule has 7 nitrogen and oxygen atoms in total. The molecule has 0 aliphatic rings. The quantitative estimate of drug-likeness (QED) is 0.273. The van der Waals surface area contributed by atoms with Crippen LogP contribution in [0.1, 0.15) is 6.92 Å². The van der Waals surface area contributed by atoms with Crippen LogP contribution >= 0.6 is 0 Å². The topological polar surface area (TPSA) is 112 Å². The molecule has 0 aliphatic carbocycles. The van der Waals surface area contributed by atoms with Crippen molar-refractivity contribution in [3.8, 4) is 28.3 Å². The number of rotatable bonds is 6. The Labute approximate surface area is 205 Å². The van der Waals surface area contributed by atoms with Gasteiger partial charge in [0.1, 0.15) is 23.2 Å². The van der Waals surface area contributed by atoms with Gasteiger partial charge in [0.05, 0.1) is 23.5 Å². The third-order valence-corrected chi connectivity index (χ3v) is 5.50. The van der Waals surface area contributed by atoms with E-state index in [-0.39, 0.29) is 11.8 Å². The number of halogens is 2. The van der Waals surface area contributed by atoms with Crippen molar-refractivity contribution in [1.82, 2.24) is 15.0 Å². The molecule has 2 aromatic heterocycles. The lowest BCUT2D eigenvalue weighted by molar-refractivity contribution is 0.339. The number of hydrogen-bond donors (Lipinski definition) is 3. The molecule has 0 aliphatic heterocycles. The fourth-order valence-electron chi connectivity index (χ4n) is 3.92. The van der Waals surface area contributed by atoms with Crippen LogP contribution in [0.15, 0.2) is 72.8 Å². The van der Waals surface area contributed by atoms with E-state index in [1.165, 1.54) is 24.3 Å². The molecule has 3 aromatic carbocycles. The molecule has 0 bridgehead atoms. The van der Waals surface area contributed by atoms with E-state index in [1.54, 1.807) is 30.3 Å². The van der Waals surface area contributed by atoms with Gasteiger partial charge in [0.25, 0.3) is 0 Å². The monoisotopic (exact) mass is 484 g/mol. The number of benzene rings is 3. The third kappa shape index (κ3) is 4.72. The normalized spacial score (nSPS) is 11.0. The van der Waals surface area contributed by atoms with Gasteiger partial charge in [0.15, 0.2) is 0 Å². The molecule has 5 N–H and O–H groups in total. The van der Waals surface area contributed by atoms with Crippen LogP contribution in [0.5, 0.6) is 5.75 Å². The highest BCUT2D eigenvalue weighted by molar-refractivity contribution is 5.95. The van der Waals surface area contributed by atoms with Crippen LogP contribution in [-0.2, 0) is 0 Å². The first-order valence-corrected chi connectivity index (χ1v) is 11.2. The predicted molar refractivity (Wildman–Crippen MR) is 138 cm³/mol. The van der Waals surface area contributed by atoms with E-state index >= 15 is 0 Å². The van der Waals surface area contributed by atoms with Gasteiger partial charge >= 0.3 is 0 Å². The number of ether oxygens (including phenoxy) is 1. The van der Waals surface area contributed by atoms with Crippen molar-refractivity contribution in [2.24, 2.45) is 0 Å². The summed E-state index contributed by atoms with van der Waals surface area (Å²) in [5, 5.41) is 3.93. The van der Waals surface area contributed by atoms with Crippen LogP contribution in [0.4, 0.5) is 31.9 Å². The zero-order valence-electron chi connectivity index (χ0n) is 19.3. The number of nitrogens with two attached hydrogens (primary N) is 2. The van der Waals surface area contributed by atoms with Gasteiger partial charge in [-0.15, -0.1) is 0 Å². The second-order valence-corrected chi connectivity index (χ2v) is 8.03. The summed E-state index contributed by atoms with van der Waals surface area (Å²) >= 11 is 0. The van der Waals surface area contributed by atoms with E-state index in [0.717, 1.165) is 5.39 Å². The molecule has 0 fully saturated rings. The van der Waals surface area contributed by atoms with Crippen LogP contribution in [0.2, 0.25) is 0 Å². The van der Waals surface area contributed by atoms with E-state index in [9.17, 15) is 8.78 Å². The lowest BCUT2D eigenvalue weighted by Crippen LogP contribution is -2.03. The van der Waals surface area contributed by atoms with E-state index in [2.05, 4.69) is 20.3 Å². The third-order valence-electron chi connectivity index (χ3n) is 5.50. The molecule has 0 amide bonds. The molecule has 0 radical (unpaired) electrons. The van der Waals surface area contributed by atoms with Crippen molar-refractivity contribution in [3.63, 3.8) is 0 Å². The second kappa shape index (κ2) is 9.46. The fourth-order valence-corrected chi connectivity index (χ4v) is 3.92. The second-order valence-electron chi connectivity index (χ2n) is 8.03. The highest BCUT2D eigenvalue weighted by Gasteiger charge is 2.13. The zero-order valence-corrected chi connectivity index (χ0v) is 19.3. The summed E-state index contributed by atoms with van der Waals surface area (Å²) in [5.41, 5.74) is 16.4. The number of nitrogens with one attached hydrogen (secondary N) is 1. The number of aromatic nitrogens is 3. The van der Waals surface area contributed by atoms with Gasteiger partial charge in [-0.3, -0.25) is 0 Å². The summed E-state index contributed by atoms with van der Waals surface area (Å²) in [6.07, 6.45) is 0. The summed E-state index contributed by atoms with van der Waals surface area (Å²) < 4.78 is 33.0. The SMILES string of the molecule is CCOc1cc(F)ccc1-c1cc(Nc2ccc3nc(-c4cccc(F)c4)cc(N)c3c2)nc(N)n1. The Hall–Kier alpha value is -4.79. The summed E-state index contributed by atoms with van der Waals surface area (Å²) in [6.45, 7) is 2.19. The molecular formula is C27H22F2N6O. The Morgan fingerprint density at radius 1 is 0.833 bits per heavy atom. The van der Waals surface area contributed by atoms with Gasteiger partial charge in [-0.25, -0.2) is 18.7 Å². The standard InChI is InChI=1S/C27H22F2N6O/c1-2-36-25-11-17(29)6-8-19(25)24-14-26(35-27(31)34-24)32-18-7-9-22-20(12-18)21(30)13-23(33-22)15-4-3-5-16(28)10-15/h3-14H,2H2,1H3,(H2,30,33)(H3,31,32,34,35). The predicted octanol–water partition coefficient (Wildman–Crippen LogP) is 5.94. The highest BCUT2D eigenvalue weighted by Crippen LogP contribution is 2.33. The first-order valence-electron chi connectivity index (χ1n) is 11.2. The largest absolute Gasteiger partial charge is 0.493 e. The molecule has 5 aromatic rings. The van der Waals surface area contributed by atoms with Crippen molar-refractivity contribution in [2.45, 2.75) is 6.92 Å². The van der Waals surface area contributed by atoms with Gasteiger partial charge in [-0.1, -0.05) is 12.1 Å². The van der Waals surface area contributed by atoms with E-state index in [1.807, 2.05) is 25.1 Å². The Morgan fingerprint density at radius 2 is 1.67 bits per heavy atom. The highest BCUT2D eigenvalue weighted by atomic mass is 19.1. The first kappa shape index (κ1) is 23.0. The van der Waals surface area contributed by atoms with Crippen LogP contribution in [0.25, 0.3) is 33.4 Å². The molecular weight excluding hydrogens is 462 g/mol. The molecule has 0 spiro atoms. The number of pyridine rings is 1. The molecule has 0 unspecified atom stereocenters. The first-order chi connectivity index (χ1) is 17.4. The number of nitrogen functional groups attached to an aromatic ring is 2. The summed E-state index contributed by atoms with van der Waals surface area (Å²) in [5.74, 6) is 0.0886. The maximum absolute atomic E-state index is 13.7. The molecule has 2 heterocycles. The summed E-state index contributed by atoms with van der Waals surface area (Å²) in [7, 11) is 0. The maximum Gasteiger partial charge on any atom is 0.222 e. The Bertz CT molecular complexity index is 1590. The molecule has 0 saturated heterocycles. The van der Waals surface area contributed by atoms with Crippen LogP contribution in [0, 0.1) is 11.6 Å². The number of anilines is 4. The average molecular weight is 485 g/mol. The Kier molecular flexibility index (Phi) is 6.03. The van der Waals surface area contributed by atoms with Gasteiger partial charge in [-0.05, 0) is 55.5 Å². The van der Waals surface area contributed by atoms with Gasteiger partial charge in [0, 0.05) is 40.0 Å². The van der Waals surface area contributed by atoms with Crippen molar-refractivity contribution in [2.75, 3.05) is 23.4 Å². The molecule has 36 heavy (non-hydrogen) atoms. The number of fused-ring (bicyclic) bond motifs is 1. The summed E-state index contributed by atoms with van der Waals surface area (Å²) in [6, 6.07) is 19.3. The Balaban J connectivity index is 1.48. The average Bonchev–Trinajstić information content (AvgIpc) is 2.84. The van der Waals surface area contributed by atoms with Crippen LogP contribution < -0.4 is 21.5 Å². The smallest absolute Gasteiger partial charge is 0.222 e. The molecule has 180 valence electrons. The molecule has 9 heteroatoms. The lowest BCUT2D eigenvalue weighted by atomic mass is 10.1. The molecule has 5 rings (SSSR count). The van der Waals surface area contributed by atoms with E-state index in [0.29, 0.717) is 57.6 Å². The van der Waals surface area contributed by atoms with Gasteiger partial charge < -0.3 is 21.5 Å². The van der Waals surface area contributed by atoms with Gasteiger partial charge in [0.2, 0.25) is 5.95 Å². The maximum atomic E-state index is 13.7. The van der Waals surface area contributed by atoms with Crippen LogP contribution in [-0.4, -0.2) is 21.6 Å². The van der Waals surface area contributed by atoms with Crippen molar-refractivity contribution in [3.05, 3.63) is 84.4 Å². The zero-order chi connectivity index (χ0) is 25.2. The van der Waals surface area contributed by atoms with Crippen molar-refractivity contribution >= 4 is 34.0 Å². The number of hydrogen-bond acceptors (Lipinski definition) is 7. The minimum absolute atomic E-state index is 0.0449. The molecule has 0 saturated carbocycles.